The van der Waals surface area contributed by atoms with E-state index in [1.54, 1.807) is 0 Å². The quantitative estimate of drug-likeness (QED) is 0.818. The molecule has 0 aliphatic heterocycles. The molecule has 0 radical (unpaired) electrons. The first-order chi connectivity index (χ1) is 9.93. The second-order valence-electron chi connectivity index (χ2n) is 5.20. The van der Waals surface area contributed by atoms with E-state index in [4.69, 9.17) is 23.2 Å². The number of halogens is 2. The van der Waals surface area contributed by atoms with Crippen LogP contribution in [0.15, 0.2) is 17.0 Å². The predicted octanol–water partition coefficient (Wildman–Crippen LogP) is 3.44. The van der Waals surface area contributed by atoms with E-state index in [9.17, 15) is 13.5 Å². The number of rotatable bonds is 7. The Kier molecular flexibility index (Phi) is 5.54. The van der Waals surface area contributed by atoms with E-state index >= 15 is 0 Å². The Balaban J connectivity index is 2.42. The number of hydrogen-bond donors (Lipinski definition) is 1. The summed E-state index contributed by atoms with van der Waals surface area (Å²) in [5, 5.41) is 9.61. The average molecular weight is 352 g/mol. The second kappa shape index (κ2) is 6.84. The fourth-order valence-corrected chi connectivity index (χ4v) is 4.82. The topological polar surface area (TPSA) is 57.6 Å². The van der Waals surface area contributed by atoms with Crippen molar-refractivity contribution in [3.63, 3.8) is 0 Å². The molecule has 1 aromatic carbocycles. The molecule has 0 aromatic heterocycles. The van der Waals surface area contributed by atoms with Gasteiger partial charge in [-0.1, -0.05) is 36.5 Å². The fraction of sp³-hybridized carbons (Fsp3) is 0.571. The second-order valence-corrected chi connectivity index (χ2v) is 7.84. The molecule has 0 spiro atoms. The molecule has 118 valence electrons. The highest BCUT2D eigenvalue weighted by atomic mass is 35.5. The molecule has 0 amide bonds. The van der Waals surface area contributed by atoms with Crippen LogP contribution in [0.5, 0.6) is 0 Å². The van der Waals surface area contributed by atoms with Gasteiger partial charge in [0.15, 0.2) is 0 Å². The highest BCUT2D eigenvalue weighted by molar-refractivity contribution is 7.89. The maximum Gasteiger partial charge on any atom is 0.244 e. The Morgan fingerprint density at radius 3 is 2.52 bits per heavy atom. The summed E-state index contributed by atoms with van der Waals surface area (Å²) in [4.78, 5) is 0.0284. The van der Waals surface area contributed by atoms with E-state index in [2.05, 4.69) is 0 Å². The van der Waals surface area contributed by atoms with E-state index in [1.807, 2.05) is 6.92 Å². The molecule has 0 bridgehead atoms. The molecule has 1 aromatic rings. The van der Waals surface area contributed by atoms with Crippen molar-refractivity contribution in [3.8, 4) is 0 Å². The van der Waals surface area contributed by atoms with Gasteiger partial charge in [-0.25, -0.2) is 8.42 Å². The Morgan fingerprint density at radius 1 is 1.33 bits per heavy atom. The van der Waals surface area contributed by atoms with Crippen LogP contribution in [0.2, 0.25) is 10.0 Å². The van der Waals surface area contributed by atoms with Gasteiger partial charge in [0.2, 0.25) is 10.0 Å². The zero-order chi connectivity index (χ0) is 15.6. The largest absolute Gasteiger partial charge is 0.392 e. The van der Waals surface area contributed by atoms with Gasteiger partial charge in [-0.05, 0) is 31.4 Å². The summed E-state index contributed by atoms with van der Waals surface area (Å²) in [6, 6.07) is 2.96. The van der Waals surface area contributed by atoms with Crippen molar-refractivity contribution in [1.29, 1.82) is 0 Å². The Morgan fingerprint density at radius 2 is 2.00 bits per heavy atom. The molecule has 0 saturated heterocycles. The molecule has 1 aliphatic carbocycles. The van der Waals surface area contributed by atoms with Gasteiger partial charge in [-0.2, -0.15) is 4.31 Å². The standard InChI is InChI=1S/C14H19Cl2NO3S/c1-2-3-8-17(10-4-5-10)21(19,20)13-7-6-12(15)11(9-18)14(13)16/h6-7,10,18H,2-5,8-9H2,1H3. The van der Waals surface area contributed by atoms with Crippen molar-refractivity contribution >= 4 is 33.2 Å². The van der Waals surface area contributed by atoms with E-state index in [-0.39, 0.29) is 33.2 Å². The molecule has 0 atom stereocenters. The minimum atomic E-state index is -3.66. The minimum absolute atomic E-state index is 0.0205. The number of nitrogens with zero attached hydrogens (tertiary/aromatic N) is 1. The highest BCUT2D eigenvalue weighted by Crippen LogP contribution is 2.37. The molecule has 0 unspecified atom stereocenters. The normalized spacial score (nSPS) is 15.7. The van der Waals surface area contributed by atoms with Crippen LogP contribution in [-0.4, -0.2) is 30.4 Å². The summed E-state index contributed by atoms with van der Waals surface area (Å²) in [6.07, 6.45) is 3.52. The Hall–Kier alpha value is -0.330. The SMILES string of the molecule is CCCCN(C1CC1)S(=O)(=O)c1ccc(Cl)c(CO)c1Cl. The third-order valence-electron chi connectivity index (χ3n) is 3.58. The first-order valence-electron chi connectivity index (χ1n) is 7.03. The van der Waals surface area contributed by atoms with Crippen LogP contribution in [0.25, 0.3) is 0 Å². The van der Waals surface area contributed by atoms with Gasteiger partial charge >= 0.3 is 0 Å². The number of benzene rings is 1. The smallest absolute Gasteiger partial charge is 0.244 e. The van der Waals surface area contributed by atoms with Crippen molar-refractivity contribution in [3.05, 3.63) is 27.7 Å². The molecule has 0 heterocycles. The third-order valence-corrected chi connectivity index (χ3v) is 6.47. The van der Waals surface area contributed by atoms with Gasteiger partial charge in [0.1, 0.15) is 4.90 Å². The fourth-order valence-electron chi connectivity index (χ4n) is 2.22. The molecule has 1 saturated carbocycles. The molecule has 21 heavy (non-hydrogen) atoms. The van der Waals surface area contributed by atoms with Crippen LogP contribution in [0.4, 0.5) is 0 Å². The van der Waals surface area contributed by atoms with Crippen LogP contribution in [-0.2, 0) is 16.6 Å². The lowest BCUT2D eigenvalue weighted by Crippen LogP contribution is -2.34. The highest BCUT2D eigenvalue weighted by Gasteiger charge is 2.38. The molecule has 1 N–H and O–H groups in total. The number of hydrogen-bond acceptors (Lipinski definition) is 3. The lowest BCUT2D eigenvalue weighted by molar-refractivity contribution is 0.281. The minimum Gasteiger partial charge on any atom is -0.392 e. The van der Waals surface area contributed by atoms with Crippen LogP contribution in [0, 0.1) is 0 Å². The van der Waals surface area contributed by atoms with E-state index in [0.717, 1.165) is 25.7 Å². The summed E-state index contributed by atoms with van der Waals surface area (Å²) < 4.78 is 27.2. The molecule has 7 heteroatoms. The average Bonchev–Trinajstić information content (AvgIpc) is 3.23. The summed E-state index contributed by atoms with van der Waals surface area (Å²) >= 11 is 12.1. The van der Waals surface area contributed by atoms with Gasteiger partial charge in [0.25, 0.3) is 0 Å². The van der Waals surface area contributed by atoms with Crippen molar-refractivity contribution in [2.45, 2.75) is 50.2 Å². The van der Waals surface area contributed by atoms with Crippen LogP contribution in [0.3, 0.4) is 0 Å². The summed E-state index contributed by atoms with van der Waals surface area (Å²) in [5.41, 5.74) is 0.255. The van der Waals surface area contributed by atoms with Gasteiger partial charge < -0.3 is 5.11 Å². The zero-order valence-electron chi connectivity index (χ0n) is 11.8. The maximum absolute atomic E-state index is 12.8. The lowest BCUT2D eigenvalue weighted by Gasteiger charge is -2.23. The van der Waals surface area contributed by atoms with Crippen molar-refractivity contribution in [2.75, 3.05) is 6.54 Å². The van der Waals surface area contributed by atoms with Crippen molar-refractivity contribution in [1.82, 2.24) is 4.31 Å². The molecular formula is C14H19Cl2NO3S. The zero-order valence-corrected chi connectivity index (χ0v) is 14.2. The van der Waals surface area contributed by atoms with E-state index < -0.39 is 10.0 Å². The monoisotopic (exact) mass is 351 g/mol. The van der Waals surface area contributed by atoms with Crippen molar-refractivity contribution < 1.29 is 13.5 Å². The first kappa shape index (κ1) is 17.0. The predicted molar refractivity (Wildman–Crippen MR) is 84.2 cm³/mol. The first-order valence-corrected chi connectivity index (χ1v) is 9.22. The molecule has 4 nitrogen and oxygen atoms in total. The summed E-state index contributed by atoms with van der Waals surface area (Å²) in [6.45, 7) is 2.13. The van der Waals surface area contributed by atoms with E-state index in [0.29, 0.717) is 6.54 Å². The van der Waals surface area contributed by atoms with Gasteiger partial charge in [0.05, 0.1) is 11.6 Å². The molecule has 2 rings (SSSR count). The number of aliphatic hydroxyl groups excluding tert-OH is 1. The molecule has 1 aliphatic rings. The number of aliphatic hydroxyl groups is 1. The van der Waals surface area contributed by atoms with Gasteiger partial charge in [-0.3, -0.25) is 0 Å². The molecular weight excluding hydrogens is 333 g/mol. The number of sulfonamides is 1. The van der Waals surface area contributed by atoms with Crippen LogP contribution < -0.4 is 0 Å². The maximum atomic E-state index is 12.8. The lowest BCUT2D eigenvalue weighted by atomic mass is 10.2. The Labute approximate surface area is 135 Å². The Bertz CT molecular complexity index is 615. The van der Waals surface area contributed by atoms with Crippen molar-refractivity contribution in [2.24, 2.45) is 0 Å². The number of unbranched alkanes of at least 4 members (excludes halogenated alkanes) is 1. The van der Waals surface area contributed by atoms with Gasteiger partial charge in [-0.15, -0.1) is 0 Å². The third kappa shape index (κ3) is 3.54. The molecule has 1 fully saturated rings. The summed E-state index contributed by atoms with van der Waals surface area (Å²) in [5.74, 6) is 0. The summed E-state index contributed by atoms with van der Waals surface area (Å²) in [7, 11) is -3.66. The van der Waals surface area contributed by atoms with Gasteiger partial charge in [0, 0.05) is 23.2 Å². The van der Waals surface area contributed by atoms with E-state index in [1.165, 1.54) is 16.4 Å². The van der Waals surface area contributed by atoms with Crippen LogP contribution >= 0.6 is 23.2 Å². The van der Waals surface area contributed by atoms with Crippen LogP contribution in [0.1, 0.15) is 38.2 Å².